The van der Waals surface area contributed by atoms with Crippen LogP contribution in [-0.2, 0) is 6.42 Å². The number of hydrogen-bond donors (Lipinski definition) is 0. The van der Waals surface area contributed by atoms with Gasteiger partial charge in [-0.1, -0.05) is 38.4 Å². The number of hydrogen-bond acceptors (Lipinski definition) is 2. The molecule has 1 atom stereocenters. The smallest absolute Gasteiger partial charge is 0.0589 e. The van der Waals surface area contributed by atoms with Crippen LogP contribution in [0.1, 0.15) is 56.1 Å². The number of halogens is 1. The Morgan fingerprint density at radius 2 is 1.85 bits per heavy atom. The van der Waals surface area contributed by atoms with Crippen LogP contribution in [-0.4, -0.2) is 9.97 Å². The van der Waals surface area contributed by atoms with Crippen LogP contribution in [0, 0.1) is 0 Å². The Bertz CT molecular complexity index is 549. The van der Waals surface area contributed by atoms with Gasteiger partial charge in [0, 0.05) is 23.3 Å². The summed E-state index contributed by atoms with van der Waals surface area (Å²) in [6.07, 6.45) is 3.74. The quantitative estimate of drug-likeness (QED) is 0.774. The van der Waals surface area contributed by atoms with Crippen molar-refractivity contribution in [2.75, 3.05) is 0 Å². The lowest BCUT2D eigenvalue weighted by molar-refractivity contribution is 0.649. The van der Waals surface area contributed by atoms with Crippen molar-refractivity contribution in [3.05, 3.63) is 58.6 Å². The second-order valence-electron chi connectivity index (χ2n) is 5.55. The van der Waals surface area contributed by atoms with Crippen molar-refractivity contribution < 1.29 is 0 Å². The van der Waals surface area contributed by atoms with Crippen molar-refractivity contribution in [1.29, 1.82) is 0 Å². The molecule has 20 heavy (non-hydrogen) atoms. The van der Waals surface area contributed by atoms with Crippen LogP contribution >= 0.6 is 11.6 Å². The summed E-state index contributed by atoms with van der Waals surface area (Å²) in [6, 6.07) is 10.2. The van der Waals surface area contributed by atoms with Gasteiger partial charge >= 0.3 is 0 Å². The van der Waals surface area contributed by atoms with Gasteiger partial charge in [-0.05, 0) is 48.9 Å². The minimum atomic E-state index is 0.414. The van der Waals surface area contributed by atoms with E-state index >= 15 is 0 Å². The molecule has 2 rings (SSSR count). The maximum Gasteiger partial charge on any atom is 0.0589 e. The predicted octanol–water partition coefficient (Wildman–Crippen LogP) is 4.99. The summed E-state index contributed by atoms with van der Waals surface area (Å²) in [5, 5.41) is 0.687. The zero-order chi connectivity index (χ0) is 14.5. The molecule has 3 heteroatoms. The van der Waals surface area contributed by atoms with Gasteiger partial charge in [-0.3, -0.25) is 9.97 Å². The molecule has 0 fully saturated rings. The van der Waals surface area contributed by atoms with Crippen molar-refractivity contribution in [3.63, 3.8) is 0 Å². The molecule has 0 spiro atoms. The lowest BCUT2D eigenvalue weighted by Crippen LogP contribution is -2.02. The van der Waals surface area contributed by atoms with Crippen molar-refractivity contribution in [3.8, 4) is 0 Å². The summed E-state index contributed by atoms with van der Waals surface area (Å²) in [7, 11) is 0. The molecule has 0 aliphatic rings. The number of rotatable bonds is 5. The van der Waals surface area contributed by atoms with E-state index in [0.717, 1.165) is 24.2 Å². The lowest BCUT2D eigenvalue weighted by Gasteiger charge is -2.11. The zero-order valence-corrected chi connectivity index (χ0v) is 13.1. The van der Waals surface area contributed by atoms with E-state index < -0.39 is 0 Å². The normalized spacial score (nSPS) is 12.7. The molecular weight excluding hydrogens is 268 g/mol. The van der Waals surface area contributed by atoms with Crippen molar-refractivity contribution >= 4 is 11.6 Å². The van der Waals surface area contributed by atoms with Gasteiger partial charge in [-0.2, -0.15) is 0 Å². The summed E-state index contributed by atoms with van der Waals surface area (Å²) in [4.78, 5) is 9.09. The molecule has 0 aliphatic heterocycles. The van der Waals surface area contributed by atoms with Crippen LogP contribution in [0.3, 0.4) is 0 Å². The summed E-state index contributed by atoms with van der Waals surface area (Å²) < 4.78 is 0. The molecule has 0 bridgehead atoms. The van der Waals surface area contributed by atoms with Crippen molar-refractivity contribution in [2.24, 2.45) is 0 Å². The number of aromatic nitrogens is 2. The SMILES string of the molecule is CC(C)c1cccc(CCC(C)c2ccc(Cl)cn2)n1. The van der Waals surface area contributed by atoms with Crippen LogP contribution in [0.5, 0.6) is 0 Å². The Morgan fingerprint density at radius 3 is 2.50 bits per heavy atom. The molecule has 0 radical (unpaired) electrons. The fraction of sp³-hybridized carbons (Fsp3) is 0.412. The highest BCUT2D eigenvalue weighted by Crippen LogP contribution is 2.21. The largest absolute Gasteiger partial charge is 0.259 e. The molecule has 2 nitrogen and oxygen atoms in total. The highest BCUT2D eigenvalue weighted by molar-refractivity contribution is 6.30. The Labute approximate surface area is 126 Å². The molecular formula is C17H21ClN2. The molecule has 2 aromatic rings. The average molecular weight is 289 g/mol. The third-order valence-corrected chi connectivity index (χ3v) is 3.73. The molecule has 0 amide bonds. The van der Waals surface area contributed by atoms with Gasteiger partial charge in [0.1, 0.15) is 0 Å². The van der Waals surface area contributed by atoms with Crippen LogP contribution in [0.15, 0.2) is 36.5 Å². The fourth-order valence-electron chi connectivity index (χ4n) is 2.15. The van der Waals surface area contributed by atoms with Gasteiger partial charge in [-0.15, -0.1) is 0 Å². The second kappa shape index (κ2) is 6.85. The van der Waals surface area contributed by atoms with Gasteiger partial charge in [0.15, 0.2) is 0 Å². The summed E-state index contributed by atoms with van der Waals surface area (Å²) in [5.74, 6) is 0.891. The van der Waals surface area contributed by atoms with Crippen LogP contribution < -0.4 is 0 Å². The molecule has 2 aromatic heterocycles. The zero-order valence-electron chi connectivity index (χ0n) is 12.3. The molecule has 0 aromatic carbocycles. The molecule has 106 valence electrons. The molecule has 0 aliphatic carbocycles. The van der Waals surface area contributed by atoms with Crippen LogP contribution in [0.2, 0.25) is 5.02 Å². The maximum atomic E-state index is 5.86. The molecule has 1 unspecified atom stereocenters. The van der Waals surface area contributed by atoms with Gasteiger partial charge in [0.05, 0.1) is 5.02 Å². The first-order valence-corrected chi connectivity index (χ1v) is 7.51. The van der Waals surface area contributed by atoms with E-state index in [9.17, 15) is 0 Å². The third kappa shape index (κ3) is 4.04. The summed E-state index contributed by atoms with van der Waals surface area (Å²) in [5.41, 5.74) is 3.42. The lowest BCUT2D eigenvalue weighted by atomic mass is 9.99. The third-order valence-electron chi connectivity index (χ3n) is 3.51. The number of aryl methyl sites for hydroxylation is 1. The number of pyridine rings is 2. The van der Waals surface area contributed by atoms with Gasteiger partial charge in [-0.25, -0.2) is 0 Å². The van der Waals surface area contributed by atoms with E-state index in [1.807, 2.05) is 12.1 Å². The second-order valence-corrected chi connectivity index (χ2v) is 5.99. The Balaban J connectivity index is 1.97. The standard InChI is InChI=1S/C17H21ClN2/c1-12(2)16-6-4-5-15(20-16)9-7-13(3)17-10-8-14(18)11-19-17/h4-6,8,10-13H,7,9H2,1-3H3. The van der Waals surface area contributed by atoms with Gasteiger partial charge in [0.25, 0.3) is 0 Å². The van der Waals surface area contributed by atoms with E-state index in [2.05, 4.69) is 44.0 Å². The van der Waals surface area contributed by atoms with Crippen molar-refractivity contribution in [2.45, 2.75) is 45.4 Å². The molecule has 0 saturated heterocycles. The van der Waals surface area contributed by atoms with Gasteiger partial charge in [0.2, 0.25) is 0 Å². The maximum absolute atomic E-state index is 5.86. The average Bonchev–Trinajstić information content (AvgIpc) is 2.46. The van der Waals surface area contributed by atoms with E-state index in [-0.39, 0.29) is 0 Å². The predicted molar refractivity (Wildman–Crippen MR) is 84.3 cm³/mol. The Morgan fingerprint density at radius 1 is 1.05 bits per heavy atom. The first-order chi connectivity index (χ1) is 9.56. The first-order valence-electron chi connectivity index (χ1n) is 7.13. The highest BCUT2D eigenvalue weighted by atomic mass is 35.5. The molecule has 2 heterocycles. The molecule has 0 N–H and O–H groups in total. The monoisotopic (exact) mass is 288 g/mol. The van der Waals surface area contributed by atoms with Crippen LogP contribution in [0.4, 0.5) is 0 Å². The van der Waals surface area contributed by atoms with Gasteiger partial charge < -0.3 is 0 Å². The van der Waals surface area contributed by atoms with Crippen LogP contribution in [0.25, 0.3) is 0 Å². The van der Waals surface area contributed by atoms with E-state index in [1.165, 1.54) is 5.69 Å². The minimum absolute atomic E-state index is 0.414. The fourth-order valence-corrected chi connectivity index (χ4v) is 2.26. The highest BCUT2D eigenvalue weighted by Gasteiger charge is 2.09. The van der Waals surface area contributed by atoms with Crippen molar-refractivity contribution in [1.82, 2.24) is 9.97 Å². The first kappa shape index (κ1) is 15.0. The Kier molecular flexibility index (Phi) is 5.13. The van der Waals surface area contributed by atoms with E-state index in [1.54, 1.807) is 6.20 Å². The minimum Gasteiger partial charge on any atom is -0.259 e. The Hall–Kier alpha value is -1.41. The molecule has 0 saturated carbocycles. The topological polar surface area (TPSA) is 25.8 Å². The summed E-state index contributed by atoms with van der Waals surface area (Å²) in [6.45, 7) is 6.54. The van der Waals surface area contributed by atoms with E-state index in [4.69, 9.17) is 16.6 Å². The number of nitrogens with zero attached hydrogens (tertiary/aromatic N) is 2. The van der Waals surface area contributed by atoms with E-state index in [0.29, 0.717) is 16.9 Å². The summed E-state index contributed by atoms with van der Waals surface area (Å²) >= 11 is 5.86.